The zero-order chi connectivity index (χ0) is 17.1. The molecule has 1 fully saturated rings. The Morgan fingerprint density at radius 2 is 2.12 bits per heavy atom. The van der Waals surface area contributed by atoms with Gasteiger partial charge in [0.05, 0.1) is 19.5 Å². The lowest BCUT2D eigenvalue weighted by Crippen LogP contribution is -2.42. The van der Waals surface area contributed by atoms with E-state index < -0.39 is 6.61 Å². The van der Waals surface area contributed by atoms with E-state index in [4.69, 9.17) is 4.74 Å². The van der Waals surface area contributed by atoms with Crippen LogP contribution in [0.2, 0.25) is 0 Å². The maximum absolute atomic E-state index is 12.5. The number of aryl methyl sites for hydroxylation is 1. The van der Waals surface area contributed by atoms with Crippen LogP contribution in [0.25, 0.3) is 0 Å². The number of carbonyl (C=O) groups excluding carboxylic acids is 1. The van der Waals surface area contributed by atoms with Gasteiger partial charge in [0.15, 0.2) is 0 Å². The van der Waals surface area contributed by atoms with Crippen LogP contribution in [0, 0.1) is 0 Å². The van der Waals surface area contributed by atoms with E-state index in [1.165, 1.54) is 12.1 Å². The second-order valence-corrected chi connectivity index (χ2v) is 5.48. The Bertz CT molecular complexity index is 703. The third-order valence-corrected chi connectivity index (χ3v) is 3.75. The highest BCUT2D eigenvalue weighted by molar-refractivity contribution is 5.92. The largest absolute Gasteiger partial charge is 0.435 e. The van der Waals surface area contributed by atoms with Crippen LogP contribution in [0.1, 0.15) is 22.2 Å². The zero-order valence-electron chi connectivity index (χ0n) is 13.1. The number of benzene rings is 1. The summed E-state index contributed by atoms with van der Waals surface area (Å²) in [5, 5.41) is 0. The van der Waals surface area contributed by atoms with Crippen LogP contribution in [-0.2, 0) is 11.8 Å². The summed E-state index contributed by atoms with van der Waals surface area (Å²) in [6, 6.07) is 6.25. The van der Waals surface area contributed by atoms with Crippen molar-refractivity contribution in [1.82, 2.24) is 14.5 Å². The lowest BCUT2D eigenvalue weighted by Gasteiger charge is -2.32. The fraction of sp³-hybridized carbons (Fsp3) is 0.375. The van der Waals surface area contributed by atoms with Crippen LogP contribution < -0.4 is 4.74 Å². The second kappa shape index (κ2) is 6.96. The molecule has 6 nitrogen and oxygen atoms in total. The average molecular weight is 337 g/mol. The van der Waals surface area contributed by atoms with Crippen molar-refractivity contribution in [3.8, 4) is 5.75 Å². The number of carbonyl (C=O) groups is 1. The number of rotatable bonds is 4. The second-order valence-electron chi connectivity index (χ2n) is 5.48. The van der Waals surface area contributed by atoms with E-state index >= 15 is 0 Å². The molecule has 2 aromatic rings. The topological polar surface area (TPSA) is 56.6 Å². The molecule has 0 unspecified atom stereocenters. The molecule has 1 saturated heterocycles. The Balaban J connectivity index is 1.68. The zero-order valence-corrected chi connectivity index (χ0v) is 13.1. The van der Waals surface area contributed by atoms with Crippen molar-refractivity contribution in [3.63, 3.8) is 0 Å². The van der Waals surface area contributed by atoms with Crippen molar-refractivity contribution in [2.75, 3.05) is 19.7 Å². The fourth-order valence-electron chi connectivity index (χ4n) is 2.58. The van der Waals surface area contributed by atoms with Crippen molar-refractivity contribution in [2.45, 2.75) is 12.7 Å². The van der Waals surface area contributed by atoms with Crippen LogP contribution in [-0.4, -0.2) is 46.7 Å². The van der Waals surface area contributed by atoms with Gasteiger partial charge < -0.3 is 18.9 Å². The summed E-state index contributed by atoms with van der Waals surface area (Å²) < 4.78 is 36.1. The van der Waals surface area contributed by atoms with Crippen molar-refractivity contribution in [3.05, 3.63) is 48.0 Å². The van der Waals surface area contributed by atoms with E-state index in [0.717, 1.165) is 5.56 Å². The van der Waals surface area contributed by atoms with Crippen molar-refractivity contribution < 1.29 is 23.0 Å². The number of halogens is 2. The Hall–Kier alpha value is -2.48. The van der Waals surface area contributed by atoms with Crippen LogP contribution in [0.3, 0.4) is 0 Å². The molecule has 24 heavy (non-hydrogen) atoms. The van der Waals surface area contributed by atoms with E-state index in [2.05, 4.69) is 9.72 Å². The maximum atomic E-state index is 12.5. The average Bonchev–Trinajstić information content (AvgIpc) is 3.01. The summed E-state index contributed by atoms with van der Waals surface area (Å²) in [7, 11) is 1.80. The quantitative estimate of drug-likeness (QED) is 0.859. The Morgan fingerprint density at radius 1 is 1.38 bits per heavy atom. The molecule has 3 rings (SSSR count). The van der Waals surface area contributed by atoms with Gasteiger partial charge in [-0.1, -0.05) is 12.1 Å². The minimum Gasteiger partial charge on any atom is -0.435 e. The van der Waals surface area contributed by atoms with Gasteiger partial charge in [0.25, 0.3) is 5.91 Å². The summed E-state index contributed by atoms with van der Waals surface area (Å²) in [5.74, 6) is -0.0625. The minimum absolute atomic E-state index is 0.0889. The van der Waals surface area contributed by atoms with Crippen molar-refractivity contribution >= 4 is 5.91 Å². The lowest BCUT2D eigenvalue weighted by atomic mass is 10.1. The van der Waals surface area contributed by atoms with Crippen LogP contribution in [0.4, 0.5) is 8.78 Å². The first-order valence-corrected chi connectivity index (χ1v) is 7.46. The van der Waals surface area contributed by atoms with Gasteiger partial charge in [0.2, 0.25) is 0 Å². The minimum atomic E-state index is -2.85. The van der Waals surface area contributed by atoms with Crippen LogP contribution in [0.15, 0.2) is 36.8 Å². The number of aromatic nitrogens is 2. The molecule has 1 aromatic heterocycles. The van der Waals surface area contributed by atoms with E-state index in [-0.39, 0.29) is 17.8 Å². The molecule has 128 valence electrons. The van der Waals surface area contributed by atoms with Gasteiger partial charge in [0.1, 0.15) is 17.5 Å². The van der Waals surface area contributed by atoms with Gasteiger partial charge in [0, 0.05) is 19.8 Å². The number of amides is 1. The van der Waals surface area contributed by atoms with Gasteiger partial charge in [-0.05, 0) is 17.7 Å². The first-order chi connectivity index (χ1) is 11.5. The van der Waals surface area contributed by atoms with Crippen LogP contribution in [0.5, 0.6) is 5.75 Å². The summed E-state index contributed by atoms with van der Waals surface area (Å²) in [4.78, 5) is 18.2. The smallest absolute Gasteiger partial charge is 0.387 e. The van der Waals surface area contributed by atoms with Gasteiger partial charge in [-0.2, -0.15) is 8.78 Å². The Kier molecular flexibility index (Phi) is 4.75. The monoisotopic (exact) mass is 337 g/mol. The first-order valence-electron chi connectivity index (χ1n) is 7.46. The Labute approximate surface area is 137 Å². The van der Waals surface area contributed by atoms with E-state index in [1.807, 2.05) is 0 Å². The summed E-state index contributed by atoms with van der Waals surface area (Å²) in [6.07, 6.45) is 2.93. The first kappa shape index (κ1) is 16.4. The molecule has 1 aliphatic heterocycles. The molecule has 0 radical (unpaired) electrons. The molecule has 1 atom stereocenters. The van der Waals surface area contributed by atoms with Gasteiger partial charge in [-0.15, -0.1) is 0 Å². The number of hydrogen-bond donors (Lipinski definition) is 0. The molecule has 0 aliphatic carbocycles. The number of alkyl halides is 2. The standard InChI is InChI=1S/C16H17F2N3O3/c1-20-8-13(19-10-20)15(22)21-6-7-23-14(9-21)11-2-4-12(5-3-11)24-16(17)18/h2-5,8,10,14,16H,6-7,9H2,1H3/t14-/m1/s1. The molecule has 0 spiro atoms. The van der Waals surface area contributed by atoms with Gasteiger partial charge in [-0.25, -0.2) is 4.98 Å². The lowest BCUT2D eigenvalue weighted by molar-refractivity contribution is -0.0499. The summed E-state index contributed by atoms with van der Waals surface area (Å²) >= 11 is 0. The summed E-state index contributed by atoms with van der Waals surface area (Å²) in [6.45, 7) is -1.59. The summed E-state index contributed by atoms with van der Waals surface area (Å²) in [5.41, 5.74) is 1.19. The Morgan fingerprint density at radius 3 is 2.75 bits per heavy atom. The van der Waals surface area contributed by atoms with Crippen LogP contribution >= 0.6 is 0 Å². The van der Waals surface area contributed by atoms with Gasteiger partial charge in [-0.3, -0.25) is 4.79 Å². The number of ether oxygens (including phenoxy) is 2. The fourth-order valence-corrected chi connectivity index (χ4v) is 2.58. The predicted molar refractivity (Wildman–Crippen MR) is 80.9 cm³/mol. The molecular formula is C16H17F2N3O3. The molecule has 1 aliphatic rings. The number of morpholine rings is 1. The third kappa shape index (κ3) is 3.70. The maximum Gasteiger partial charge on any atom is 0.387 e. The molecular weight excluding hydrogens is 320 g/mol. The van der Waals surface area contributed by atoms with E-state index in [1.54, 1.807) is 41.2 Å². The molecule has 1 aromatic carbocycles. The highest BCUT2D eigenvalue weighted by atomic mass is 19.3. The molecule has 1 amide bonds. The van der Waals surface area contributed by atoms with E-state index in [9.17, 15) is 13.6 Å². The number of nitrogens with zero attached hydrogens (tertiary/aromatic N) is 3. The van der Waals surface area contributed by atoms with E-state index in [0.29, 0.717) is 25.4 Å². The van der Waals surface area contributed by atoms with Crippen molar-refractivity contribution in [2.24, 2.45) is 7.05 Å². The molecule has 8 heteroatoms. The molecule has 0 bridgehead atoms. The predicted octanol–water partition coefficient (Wildman–Crippen LogP) is 2.24. The SMILES string of the molecule is Cn1cnc(C(=O)N2CCO[C@@H](c3ccc(OC(F)F)cc3)C2)c1. The molecule has 0 N–H and O–H groups in total. The van der Waals surface area contributed by atoms with Gasteiger partial charge >= 0.3 is 6.61 Å². The van der Waals surface area contributed by atoms with Crippen molar-refractivity contribution in [1.29, 1.82) is 0 Å². The normalized spacial score (nSPS) is 18.0. The molecule has 2 heterocycles. The highest BCUT2D eigenvalue weighted by Gasteiger charge is 2.27. The third-order valence-electron chi connectivity index (χ3n) is 3.75. The molecule has 0 saturated carbocycles. The number of imidazole rings is 1. The number of hydrogen-bond acceptors (Lipinski definition) is 4. The highest BCUT2D eigenvalue weighted by Crippen LogP contribution is 2.25.